The minimum Gasteiger partial charge on any atom is -0.487 e. The van der Waals surface area contributed by atoms with Gasteiger partial charge in [-0.2, -0.15) is 0 Å². The zero-order valence-electron chi connectivity index (χ0n) is 14.7. The zero-order chi connectivity index (χ0) is 16.9. The molecule has 1 saturated heterocycles. The highest BCUT2D eigenvalue weighted by Crippen LogP contribution is 2.29. The minimum atomic E-state index is -0.411. The van der Waals surface area contributed by atoms with Gasteiger partial charge in [0.05, 0.1) is 6.10 Å². The summed E-state index contributed by atoms with van der Waals surface area (Å²) in [4.78, 5) is 12.2. The Morgan fingerprint density at radius 3 is 2.64 bits per heavy atom. The van der Waals surface area contributed by atoms with E-state index in [2.05, 4.69) is 17.6 Å². The predicted molar refractivity (Wildman–Crippen MR) is 99.9 cm³/mol. The normalized spacial score (nSPS) is 19.4. The van der Waals surface area contributed by atoms with E-state index in [1.165, 1.54) is 6.07 Å². The summed E-state index contributed by atoms with van der Waals surface area (Å²) >= 11 is 0. The van der Waals surface area contributed by atoms with Gasteiger partial charge in [0.25, 0.3) is 0 Å². The monoisotopic (exact) mass is 370 g/mol. The van der Waals surface area contributed by atoms with Crippen LogP contribution in [-0.4, -0.2) is 25.1 Å². The molecule has 2 fully saturated rings. The van der Waals surface area contributed by atoms with Gasteiger partial charge in [0.2, 0.25) is 5.91 Å². The van der Waals surface area contributed by atoms with Crippen LogP contribution in [0.15, 0.2) is 18.2 Å². The number of rotatable bonds is 6. The molecule has 25 heavy (non-hydrogen) atoms. The van der Waals surface area contributed by atoms with E-state index in [0.29, 0.717) is 23.9 Å². The van der Waals surface area contributed by atoms with Gasteiger partial charge in [-0.1, -0.05) is 6.92 Å². The van der Waals surface area contributed by atoms with Crippen molar-refractivity contribution in [1.29, 1.82) is 0 Å². The quantitative estimate of drug-likeness (QED) is 0.791. The lowest BCUT2D eigenvalue weighted by molar-refractivity contribution is -0.117. The summed E-state index contributed by atoms with van der Waals surface area (Å²) in [5.74, 6) is 0.755. The number of hydrogen-bond donors (Lipinski definition) is 2. The fourth-order valence-corrected chi connectivity index (χ4v) is 3.43. The third kappa shape index (κ3) is 5.58. The third-order valence-electron chi connectivity index (χ3n) is 5.26. The molecule has 1 unspecified atom stereocenters. The largest absolute Gasteiger partial charge is 0.487 e. The second-order valence-electron chi connectivity index (χ2n) is 7.13. The van der Waals surface area contributed by atoms with Crippen molar-refractivity contribution in [1.82, 2.24) is 5.32 Å². The SMILES string of the molecule is CC(CC(=O)Nc1ccc(OC2CCC2)c(F)c1)C1CCNCC1.Cl. The zero-order valence-corrected chi connectivity index (χ0v) is 15.5. The molecule has 1 aromatic rings. The highest BCUT2D eigenvalue weighted by atomic mass is 35.5. The first-order chi connectivity index (χ1) is 11.6. The molecule has 1 aliphatic carbocycles. The van der Waals surface area contributed by atoms with E-state index in [1.807, 2.05) is 0 Å². The van der Waals surface area contributed by atoms with Gasteiger partial charge < -0.3 is 15.4 Å². The summed E-state index contributed by atoms with van der Waals surface area (Å²) in [7, 11) is 0. The molecule has 0 spiro atoms. The van der Waals surface area contributed by atoms with Crippen molar-refractivity contribution in [3.05, 3.63) is 24.0 Å². The van der Waals surface area contributed by atoms with Crippen LogP contribution in [0.1, 0.15) is 45.4 Å². The molecule has 0 radical (unpaired) electrons. The van der Waals surface area contributed by atoms with Crippen LogP contribution in [0.2, 0.25) is 0 Å². The lowest BCUT2D eigenvalue weighted by atomic mass is 9.84. The number of halogens is 2. The molecule has 1 aliphatic heterocycles. The fraction of sp³-hybridized carbons (Fsp3) is 0.632. The van der Waals surface area contributed by atoms with Crippen LogP contribution in [-0.2, 0) is 4.79 Å². The fourth-order valence-electron chi connectivity index (χ4n) is 3.43. The molecule has 0 aromatic heterocycles. The molecule has 1 aromatic carbocycles. The van der Waals surface area contributed by atoms with Crippen molar-refractivity contribution in [3.63, 3.8) is 0 Å². The molecular formula is C19H28ClFN2O2. The van der Waals surface area contributed by atoms with Gasteiger partial charge in [-0.05, 0) is 69.2 Å². The number of amides is 1. The molecule has 4 nitrogen and oxygen atoms in total. The second-order valence-corrected chi connectivity index (χ2v) is 7.13. The molecule has 0 bridgehead atoms. The molecule has 2 N–H and O–H groups in total. The molecule has 3 rings (SSSR count). The Labute approximate surface area is 155 Å². The Morgan fingerprint density at radius 2 is 2.04 bits per heavy atom. The molecular weight excluding hydrogens is 343 g/mol. The van der Waals surface area contributed by atoms with E-state index in [0.717, 1.165) is 45.2 Å². The van der Waals surface area contributed by atoms with Crippen molar-refractivity contribution in [2.45, 2.75) is 51.6 Å². The van der Waals surface area contributed by atoms with E-state index in [-0.39, 0.29) is 30.2 Å². The van der Waals surface area contributed by atoms with Crippen LogP contribution >= 0.6 is 12.4 Å². The van der Waals surface area contributed by atoms with Gasteiger partial charge in [-0.3, -0.25) is 4.79 Å². The number of piperidine rings is 1. The maximum atomic E-state index is 14.1. The van der Waals surface area contributed by atoms with Crippen molar-refractivity contribution >= 4 is 24.0 Å². The van der Waals surface area contributed by atoms with Crippen LogP contribution in [0.25, 0.3) is 0 Å². The maximum absolute atomic E-state index is 14.1. The number of anilines is 1. The van der Waals surface area contributed by atoms with Crippen LogP contribution in [0.5, 0.6) is 5.75 Å². The van der Waals surface area contributed by atoms with Gasteiger partial charge in [-0.15, -0.1) is 12.4 Å². The third-order valence-corrected chi connectivity index (χ3v) is 5.26. The van der Waals surface area contributed by atoms with Crippen LogP contribution in [0.4, 0.5) is 10.1 Å². The molecule has 2 aliphatic rings. The van der Waals surface area contributed by atoms with Crippen molar-refractivity contribution in [2.24, 2.45) is 11.8 Å². The molecule has 140 valence electrons. The number of nitrogens with one attached hydrogen (secondary N) is 2. The summed E-state index contributed by atoms with van der Waals surface area (Å²) in [6.07, 6.45) is 6.00. The van der Waals surface area contributed by atoms with E-state index in [9.17, 15) is 9.18 Å². The molecule has 1 saturated carbocycles. The molecule has 1 atom stereocenters. The number of ether oxygens (including phenoxy) is 1. The molecule has 1 heterocycles. The van der Waals surface area contributed by atoms with Gasteiger partial charge in [-0.25, -0.2) is 4.39 Å². The smallest absolute Gasteiger partial charge is 0.224 e. The average Bonchev–Trinajstić information content (AvgIpc) is 2.53. The second kappa shape index (κ2) is 9.39. The van der Waals surface area contributed by atoms with Gasteiger partial charge in [0, 0.05) is 18.2 Å². The first-order valence-corrected chi connectivity index (χ1v) is 9.08. The van der Waals surface area contributed by atoms with Crippen LogP contribution < -0.4 is 15.4 Å². The van der Waals surface area contributed by atoms with Crippen LogP contribution in [0.3, 0.4) is 0 Å². The lowest BCUT2D eigenvalue weighted by Crippen LogP contribution is -2.32. The minimum absolute atomic E-state index is 0. The Bertz CT molecular complexity index is 575. The van der Waals surface area contributed by atoms with Crippen molar-refractivity contribution in [3.8, 4) is 5.75 Å². The number of benzene rings is 1. The summed E-state index contributed by atoms with van der Waals surface area (Å²) in [6.45, 7) is 4.19. The highest BCUT2D eigenvalue weighted by molar-refractivity contribution is 5.90. The number of carbonyl (C=O) groups is 1. The molecule has 6 heteroatoms. The van der Waals surface area contributed by atoms with E-state index in [4.69, 9.17) is 4.74 Å². The topological polar surface area (TPSA) is 50.4 Å². The van der Waals surface area contributed by atoms with Crippen molar-refractivity contribution < 1.29 is 13.9 Å². The van der Waals surface area contributed by atoms with E-state index in [1.54, 1.807) is 12.1 Å². The first kappa shape index (κ1) is 20.0. The van der Waals surface area contributed by atoms with Gasteiger partial charge in [0.15, 0.2) is 11.6 Å². The Morgan fingerprint density at radius 1 is 1.32 bits per heavy atom. The Hall–Kier alpha value is -1.33. The van der Waals surface area contributed by atoms with Gasteiger partial charge in [0.1, 0.15) is 0 Å². The maximum Gasteiger partial charge on any atom is 0.224 e. The summed E-state index contributed by atoms with van der Waals surface area (Å²) in [5, 5.41) is 6.15. The summed E-state index contributed by atoms with van der Waals surface area (Å²) < 4.78 is 19.7. The first-order valence-electron chi connectivity index (χ1n) is 9.08. The van der Waals surface area contributed by atoms with E-state index < -0.39 is 5.82 Å². The van der Waals surface area contributed by atoms with Gasteiger partial charge >= 0.3 is 0 Å². The Kier molecular flexibility index (Phi) is 7.51. The lowest BCUT2D eigenvalue weighted by Gasteiger charge is -2.28. The number of hydrogen-bond acceptors (Lipinski definition) is 3. The van der Waals surface area contributed by atoms with Crippen LogP contribution in [0, 0.1) is 17.7 Å². The standard InChI is InChI=1S/C19H27FN2O2.ClH/c1-13(14-7-9-21-10-8-14)11-19(23)22-15-5-6-18(17(20)12-15)24-16-3-2-4-16;/h5-6,12-14,16,21H,2-4,7-11H2,1H3,(H,22,23);1H. The highest BCUT2D eigenvalue weighted by Gasteiger charge is 2.23. The Balaban J connectivity index is 0.00000225. The predicted octanol–water partition coefficient (Wildman–Crippen LogP) is 4.14. The van der Waals surface area contributed by atoms with E-state index >= 15 is 0 Å². The average molecular weight is 371 g/mol. The molecule has 1 amide bonds. The summed E-state index contributed by atoms with van der Waals surface area (Å²) in [5.41, 5.74) is 0.496. The summed E-state index contributed by atoms with van der Waals surface area (Å²) in [6, 6.07) is 4.67. The van der Waals surface area contributed by atoms with Crippen molar-refractivity contribution in [2.75, 3.05) is 18.4 Å². The number of carbonyl (C=O) groups excluding carboxylic acids is 1.